The third-order valence-corrected chi connectivity index (χ3v) is 3.47. The molecular formula is C17H23N3O. The number of nitrogens with one attached hydrogen (secondary N) is 1. The van der Waals surface area contributed by atoms with Crippen molar-refractivity contribution in [3.8, 4) is 5.88 Å². The molecule has 4 nitrogen and oxygen atoms in total. The van der Waals surface area contributed by atoms with Gasteiger partial charge in [-0.1, -0.05) is 50.8 Å². The van der Waals surface area contributed by atoms with Crippen LogP contribution in [0.25, 0.3) is 10.9 Å². The average molecular weight is 285 g/mol. The SMILES string of the molecule is CCCCCCCOc1nc2ccccc2cc1C(=N)N. The molecule has 21 heavy (non-hydrogen) atoms. The van der Waals surface area contributed by atoms with Crippen LogP contribution in [0.5, 0.6) is 5.88 Å². The summed E-state index contributed by atoms with van der Waals surface area (Å²) in [5.41, 5.74) is 7.07. The Hall–Kier alpha value is -2.10. The van der Waals surface area contributed by atoms with Crippen LogP contribution in [-0.2, 0) is 0 Å². The van der Waals surface area contributed by atoms with Crippen molar-refractivity contribution >= 4 is 16.7 Å². The predicted octanol–water partition coefficient (Wildman–Crippen LogP) is 3.87. The Morgan fingerprint density at radius 2 is 1.95 bits per heavy atom. The second-order valence-corrected chi connectivity index (χ2v) is 5.21. The van der Waals surface area contributed by atoms with Crippen molar-refractivity contribution in [2.24, 2.45) is 5.73 Å². The van der Waals surface area contributed by atoms with Crippen LogP contribution in [0.15, 0.2) is 30.3 Å². The van der Waals surface area contributed by atoms with E-state index in [4.69, 9.17) is 15.9 Å². The number of aromatic nitrogens is 1. The van der Waals surface area contributed by atoms with Gasteiger partial charge >= 0.3 is 0 Å². The molecule has 0 radical (unpaired) electrons. The standard InChI is InChI=1S/C17H23N3O/c1-2-3-4-5-8-11-21-17-14(16(18)19)12-13-9-6-7-10-15(13)20-17/h6-7,9-10,12H,2-5,8,11H2,1H3,(H3,18,19). The summed E-state index contributed by atoms with van der Waals surface area (Å²) in [6.07, 6.45) is 5.92. The van der Waals surface area contributed by atoms with Crippen molar-refractivity contribution in [1.29, 1.82) is 5.41 Å². The van der Waals surface area contributed by atoms with Gasteiger partial charge in [-0.25, -0.2) is 4.98 Å². The third-order valence-electron chi connectivity index (χ3n) is 3.47. The lowest BCUT2D eigenvalue weighted by Gasteiger charge is -2.11. The van der Waals surface area contributed by atoms with E-state index in [0.29, 0.717) is 18.1 Å². The number of nitrogen functional groups attached to an aromatic ring is 1. The van der Waals surface area contributed by atoms with Crippen LogP contribution >= 0.6 is 0 Å². The van der Waals surface area contributed by atoms with Crippen LogP contribution in [0.2, 0.25) is 0 Å². The highest BCUT2D eigenvalue weighted by molar-refractivity contribution is 6.00. The minimum atomic E-state index is -0.00534. The molecule has 1 aromatic carbocycles. The number of para-hydroxylation sites is 1. The quantitative estimate of drug-likeness (QED) is 0.439. The van der Waals surface area contributed by atoms with Gasteiger partial charge in [0.2, 0.25) is 5.88 Å². The summed E-state index contributed by atoms with van der Waals surface area (Å²) in [4.78, 5) is 4.49. The number of benzene rings is 1. The first-order valence-corrected chi connectivity index (χ1v) is 7.59. The molecule has 0 amide bonds. The fourth-order valence-corrected chi connectivity index (χ4v) is 2.28. The summed E-state index contributed by atoms with van der Waals surface area (Å²) >= 11 is 0. The van der Waals surface area contributed by atoms with Crippen molar-refractivity contribution in [3.05, 3.63) is 35.9 Å². The van der Waals surface area contributed by atoms with E-state index in [2.05, 4.69) is 11.9 Å². The molecular weight excluding hydrogens is 262 g/mol. The van der Waals surface area contributed by atoms with E-state index in [-0.39, 0.29) is 5.84 Å². The van der Waals surface area contributed by atoms with Crippen molar-refractivity contribution in [1.82, 2.24) is 4.98 Å². The second-order valence-electron chi connectivity index (χ2n) is 5.21. The largest absolute Gasteiger partial charge is 0.477 e. The third kappa shape index (κ3) is 4.18. The Morgan fingerprint density at radius 1 is 1.19 bits per heavy atom. The highest BCUT2D eigenvalue weighted by Crippen LogP contribution is 2.22. The lowest BCUT2D eigenvalue weighted by molar-refractivity contribution is 0.294. The van der Waals surface area contributed by atoms with Crippen LogP contribution in [-0.4, -0.2) is 17.4 Å². The normalized spacial score (nSPS) is 10.7. The minimum Gasteiger partial charge on any atom is -0.477 e. The molecule has 0 saturated carbocycles. The molecule has 0 bridgehead atoms. The summed E-state index contributed by atoms with van der Waals surface area (Å²) in [6.45, 7) is 2.82. The van der Waals surface area contributed by atoms with E-state index in [1.165, 1.54) is 19.3 Å². The Balaban J connectivity index is 2.06. The van der Waals surface area contributed by atoms with E-state index < -0.39 is 0 Å². The van der Waals surface area contributed by atoms with Crippen molar-refractivity contribution < 1.29 is 4.74 Å². The molecule has 1 heterocycles. The number of amidine groups is 1. The van der Waals surface area contributed by atoms with E-state index >= 15 is 0 Å². The maximum Gasteiger partial charge on any atom is 0.225 e. The number of pyridine rings is 1. The second kappa shape index (κ2) is 7.62. The molecule has 0 saturated heterocycles. The van der Waals surface area contributed by atoms with Crippen LogP contribution in [0.3, 0.4) is 0 Å². The number of fused-ring (bicyclic) bond motifs is 1. The van der Waals surface area contributed by atoms with Gasteiger partial charge in [0.05, 0.1) is 17.7 Å². The summed E-state index contributed by atoms with van der Waals surface area (Å²) in [5.74, 6) is 0.464. The van der Waals surface area contributed by atoms with Gasteiger partial charge in [0, 0.05) is 5.39 Å². The Bertz CT molecular complexity index is 610. The first-order valence-electron chi connectivity index (χ1n) is 7.59. The molecule has 112 valence electrons. The summed E-state index contributed by atoms with van der Waals surface area (Å²) in [7, 11) is 0. The zero-order chi connectivity index (χ0) is 15.1. The molecule has 0 aliphatic carbocycles. The van der Waals surface area contributed by atoms with E-state index in [1.54, 1.807) is 0 Å². The summed E-state index contributed by atoms with van der Waals surface area (Å²) in [6, 6.07) is 9.66. The van der Waals surface area contributed by atoms with E-state index in [9.17, 15) is 0 Å². The van der Waals surface area contributed by atoms with Crippen molar-refractivity contribution in [2.45, 2.75) is 39.0 Å². The predicted molar refractivity (Wildman–Crippen MR) is 87.0 cm³/mol. The smallest absolute Gasteiger partial charge is 0.225 e. The zero-order valence-corrected chi connectivity index (χ0v) is 12.6. The van der Waals surface area contributed by atoms with Gasteiger partial charge in [-0.3, -0.25) is 5.41 Å². The Labute approximate surface area is 125 Å². The molecule has 2 rings (SSSR count). The number of unbranched alkanes of at least 4 members (excludes halogenated alkanes) is 4. The number of nitrogens with two attached hydrogens (primary N) is 1. The van der Waals surface area contributed by atoms with Crippen LogP contribution in [0, 0.1) is 5.41 Å². The summed E-state index contributed by atoms with van der Waals surface area (Å²) in [5, 5.41) is 8.65. The maximum absolute atomic E-state index is 7.68. The number of hydrogen-bond acceptors (Lipinski definition) is 3. The van der Waals surface area contributed by atoms with Gasteiger partial charge < -0.3 is 10.5 Å². The molecule has 0 unspecified atom stereocenters. The molecule has 0 fully saturated rings. The van der Waals surface area contributed by atoms with Gasteiger partial charge in [0.1, 0.15) is 5.84 Å². The molecule has 1 aromatic heterocycles. The summed E-state index contributed by atoms with van der Waals surface area (Å²) < 4.78 is 5.75. The number of rotatable bonds is 8. The van der Waals surface area contributed by atoms with Crippen LogP contribution in [0.4, 0.5) is 0 Å². The molecule has 2 aromatic rings. The zero-order valence-electron chi connectivity index (χ0n) is 12.6. The van der Waals surface area contributed by atoms with Gasteiger partial charge in [-0.2, -0.15) is 0 Å². The maximum atomic E-state index is 7.68. The topological polar surface area (TPSA) is 72.0 Å². The van der Waals surface area contributed by atoms with E-state index in [0.717, 1.165) is 23.7 Å². The number of nitrogens with zero attached hydrogens (tertiary/aromatic N) is 1. The molecule has 0 aliphatic heterocycles. The Morgan fingerprint density at radius 3 is 2.71 bits per heavy atom. The molecule has 3 N–H and O–H groups in total. The van der Waals surface area contributed by atoms with Crippen LogP contribution in [0.1, 0.15) is 44.6 Å². The molecule has 0 atom stereocenters. The lowest BCUT2D eigenvalue weighted by atomic mass is 10.1. The van der Waals surface area contributed by atoms with Gasteiger partial charge in [-0.05, 0) is 18.6 Å². The monoisotopic (exact) mass is 285 g/mol. The highest BCUT2D eigenvalue weighted by Gasteiger charge is 2.10. The van der Waals surface area contributed by atoms with Crippen molar-refractivity contribution in [3.63, 3.8) is 0 Å². The Kier molecular flexibility index (Phi) is 5.55. The van der Waals surface area contributed by atoms with Gasteiger partial charge in [0.25, 0.3) is 0 Å². The highest BCUT2D eigenvalue weighted by atomic mass is 16.5. The average Bonchev–Trinajstić information content (AvgIpc) is 2.49. The fourth-order valence-electron chi connectivity index (χ4n) is 2.28. The number of hydrogen-bond donors (Lipinski definition) is 2. The molecule has 4 heteroatoms. The lowest BCUT2D eigenvalue weighted by Crippen LogP contribution is -2.14. The minimum absolute atomic E-state index is 0.00534. The first kappa shape index (κ1) is 15.3. The molecule has 0 aliphatic rings. The fraction of sp³-hybridized carbons (Fsp3) is 0.412. The number of ether oxygens (including phenoxy) is 1. The van der Waals surface area contributed by atoms with Crippen LogP contribution < -0.4 is 10.5 Å². The van der Waals surface area contributed by atoms with Gasteiger partial charge in [0.15, 0.2) is 0 Å². The first-order chi connectivity index (χ1) is 10.2. The molecule has 0 spiro atoms. The van der Waals surface area contributed by atoms with Crippen molar-refractivity contribution in [2.75, 3.05) is 6.61 Å². The van der Waals surface area contributed by atoms with Gasteiger partial charge in [-0.15, -0.1) is 0 Å². The van der Waals surface area contributed by atoms with E-state index in [1.807, 2.05) is 30.3 Å².